The van der Waals surface area contributed by atoms with Gasteiger partial charge in [0.25, 0.3) is 0 Å². The standard InChI is InChI=1S/C14H20ClN3O/c1-11-10-16-7-9-18(11)8-6-14(19)17-13-5-3-2-4-12(13)15/h2-5,11,16H,6-10H2,1H3,(H,17,19)/t11-/m0/s1. The molecule has 2 N–H and O–H groups in total. The number of benzene rings is 1. The highest BCUT2D eigenvalue weighted by molar-refractivity contribution is 6.33. The van der Waals surface area contributed by atoms with Gasteiger partial charge in [0, 0.05) is 38.6 Å². The van der Waals surface area contributed by atoms with E-state index >= 15 is 0 Å². The largest absolute Gasteiger partial charge is 0.325 e. The molecule has 104 valence electrons. The van der Waals surface area contributed by atoms with E-state index in [0.29, 0.717) is 23.2 Å². The fourth-order valence-electron chi connectivity index (χ4n) is 2.24. The average Bonchev–Trinajstić information content (AvgIpc) is 2.40. The molecule has 1 saturated heterocycles. The normalized spacial score (nSPS) is 20.2. The van der Waals surface area contributed by atoms with Gasteiger partial charge in [0.15, 0.2) is 0 Å². The summed E-state index contributed by atoms with van der Waals surface area (Å²) in [5.41, 5.74) is 0.683. The number of hydrogen-bond acceptors (Lipinski definition) is 3. The van der Waals surface area contributed by atoms with E-state index in [1.807, 2.05) is 18.2 Å². The first kappa shape index (κ1) is 14.3. The monoisotopic (exact) mass is 281 g/mol. The summed E-state index contributed by atoms with van der Waals surface area (Å²) in [7, 11) is 0. The molecule has 1 aromatic carbocycles. The molecule has 0 saturated carbocycles. The molecule has 19 heavy (non-hydrogen) atoms. The van der Waals surface area contributed by atoms with Crippen molar-refractivity contribution < 1.29 is 4.79 Å². The van der Waals surface area contributed by atoms with Crippen LogP contribution in [0.2, 0.25) is 5.02 Å². The topological polar surface area (TPSA) is 44.4 Å². The third-order valence-corrected chi connectivity index (χ3v) is 3.74. The molecule has 0 spiro atoms. The van der Waals surface area contributed by atoms with Gasteiger partial charge in [-0.05, 0) is 19.1 Å². The number of carbonyl (C=O) groups excluding carboxylic acids is 1. The fourth-order valence-corrected chi connectivity index (χ4v) is 2.42. The van der Waals surface area contributed by atoms with E-state index in [1.165, 1.54) is 0 Å². The van der Waals surface area contributed by atoms with Crippen LogP contribution in [0.3, 0.4) is 0 Å². The predicted octanol–water partition coefficient (Wildman–Crippen LogP) is 1.96. The number of carbonyl (C=O) groups is 1. The summed E-state index contributed by atoms with van der Waals surface area (Å²) in [4.78, 5) is 14.2. The Morgan fingerprint density at radius 3 is 3.05 bits per heavy atom. The zero-order chi connectivity index (χ0) is 13.7. The lowest BCUT2D eigenvalue weighted by atomic mass is 10.2. The lowest BCUT2D eigenvalue weighted by Gasteiger charge is -2.33. The van der Waals surface area contributed by atoms with Gasteiger partial charge in [-0.25, -0.2) is 0 Å². The van der Waals surface area contributed by atoms with Crippen molar-refractivity contribution in [2.45, 2.75) is 19.4 Å². The Morgan fingerprint density at radius 1 is 1.53 bits per heavy atom. The van der Waals surface area contributed by atoms with Crippen molar-refractivity contribution >= 4 is 23.2 Å². The van der Waals surface area contributed by atoms with Gasteiger partial charge in [-0.3, -0.25) is 9.69 Å². The minimum Gasteiger partial charge on any atom is -0.325 e. The fraction of sp³-hybridized carbons (Fsp3) is 0.500. The summed E-state index contributed by atoms with van der Waals surface area (Å²) in [6, 6.07) is 7.78. The predicted molar refractivity (Wildman–Crippen MR) is 78.6 cm³/mol. The molecule has 0 unspecified atom stereocenters. The number of piperazine rings is 1. The van der Waals surface area contributed by atoms with Crippen LogP contribution < -0.4 is 10.6 Å². The maximum atomic E-state index is 11.9. The van der Waals surface area contributed by atoms with Crippen molar-refractivity contribution in [2.24, 2.45) is 0 Å². The number of rotatable bonds is 4. The minimum absolute atomic E-state index is 0.0128. The maximum Gasteiger partial charge on any atom is 0.225 e. The zero-order valence-corrected chi connectivity index (χ0v) is 11.9. The Bertz CT molecular complexity index is 438. The van der Waals surface area contributed by atoms with Gasteiger partial charge in [0.2, 0.25) is 5.91 Å². The van der Waals surface area contributed by atoms with E-state index in [-0.39, 0.29) is 5.91 Å². The summed E-state index contributed by atoms with van der Waals surface area (Å²) in [5, 5.41) is 6.77. The lowest BCUT2D eigenvalue weighted by Crippen LogP contribution is -2.50. The van der Waals surface area contributed by atoms with Gasteiger partial charge >= 0.3 is 0 Å². The molecule has 0 bridgehead atoms. The van der Waals surface area contributed by atoms with Crippen molar-refractivity contribution in [3.63, 3.8) is 0 Å². The van der Waals surface area contributed by atoms with E-state index in [1.54, 1.807) is 6.07 Å². The first-order valence-electron chi connectivity index (χ1n) is 6.66. The van der Waals surface area contributed by atoms with Crippen LogP contribution in [0.25, 0.3) is 0 Å². The molecule has 1 aliphatic rings. The Balaban J connectivity index is 1.80. The lowest BCUT2D eigenvalue weighted by molar-refractivity contribution is -0.116. The van der Waals surface area contributed by atoms with Crippen LogP contribution in [0, 0.1) is 0 Å². The number of amides is 1. The summed E-state index contributed by atoms with van der Waals surface area (Å²) >= 11 is 6.01. The van der Waals surface area contributed by atoms with Crippen molar-refractivity contribution in [1.29, 1.82) is 0 Å². The Kier molecular flexibility index (Phi) is 5.19. The molecule has 1 heterocycles. The van der Waals surface area contributed by atoms with E-state index in [0.717, 1.165) is 26.2 Å². The smallest absolute Gasteiger partial charge is 0.225 e. The molecule has 1 fully saturated rings. The van der Waals surface area contributed by atoms with Crippen LogP contribution in [0.1, 0.15) is 13.3 Å². The van der Waals surface area contributed by atoms with Gasteiger partial charge < -0.3 is 10.6 Å². The minimum atomic E-state index is 0.0128. The van der Waals surface area contributed by atoms with E-state index in [4.69, 9.17) is 11.6 Å². The third kappa shape index (κ3) is 4.20. The second kappa shape index (κ2) is 6.89. The SMILES string of the molecule is C[C@H]1CNCCN1CCC(=O)Nc1ccccc1Cl. The van der Waals surface area contributed by atoms with Gasteiger partial charge in [0.05, 0.1) is 10.7 Å². The summed E-state index contributed by atoms with van der Waals surface area (Å²) in [6.07, 6.45) is 0.496. The second-order valence-corrected chi connectivity index (χ2v) is 5.27. The number of para-hydroxylation sites is 1. The summed E-state index contributed by atoms with van der Waals surface area (Å²) in [5.74, 6) is 0.0128. The van der Waals surface area contributed by atoms with Gasteiger partial charge in [0.1, 0.15) is 0 Å². The van der Waals surface area contributed by atoms with E-state index < -0.39 is 0 Å². The molecule has 1 atom stereocenters. The van der Waals surface area contributed by atoms with Crippen molar-refractivity contribution in [1.82, 2.24) is 10.2 Å². The number of nitrogens with zero attached hydrogens (tertiary/aromatic N) is 1. The number of halogens is 1. The molecule has 0 aromatic heterocycles. The van der Waals surface area contributed by atoms with E-state index in [2.05, 4.69) is 22.5 Å². The van der Waals surface area contributed by atoms with Gasteiger partial charge in [-0.15, -0.1) is 0 Å². The Hall–Kier alpha value is -1.10. The van der Waals surface area contributed by atoms with Crippen LogP contribution >= 0.6 is 11.6 Å². The summed E-state index contributed by atoms with van der Waals surface area (Å²) in [6.45, 7) is 5.96. The Labute approximate surface area is 119 Å². The molecule has 4 nitrogen and oxygen atoms in total. The molecule has 5 heteroatoms. The molecule has 0 aliphatic carbocycles. The first-order chi connectivity index (χ1) is 9.16. The molecular formula is C14H20ClN3O. The van der Waals surface area contributed by atoms with E-state index in [9.17, 15) is 4.79 Å². The average molecular weight is 282 g/mol. The molecule has 1 aliphatic heterocycles. The van der Waals surface area contributed by atoms with Crippen molar-refractivity contribution in [2.75, 3.05) is 31.5 Å². The quantitative estimate of drug-likeness (QED) is 0.887. The number of anilines is 1. The molecule has 1 aromatic rings. The third-order valence-electron chi connectivity index (χ3n) is 3.41. The number of nitrogens with one attached hydrogen (secondary N) is 2. The van der Waals surface area contributed by atoms with Crippen molar-refractivity contribution in [3.05, 3.63) is 29.3 Å². The van der Waals surface area contributed by atoms with Gasteiger partial charge in [-0.1, -0.05) is 23.7 Å². The van der Waals surface area contributed by atoms with Crippen molar-refractivity contribution in [3.8, 4) is 0 Å². The molecular weight excluding hydrogens is 262 g/mol. The zero-order valence-electron chi connectivity index (χ0n) is 11.2. The van der Waals surface area contributed by atoms with Crippen LogP contribution in [0.5, 0.6) is 0 Å². The van der Waals surface area contributed by atoms with Crippen LogP contribution in [0.4, 0.5) is 5.69 Å². The van der Waals surface area contributed by atoms with Crippen LogP contribution in [0.15, 0.2) is 24.3 Å². The molecule has 1 amide bonds. The van der Waals surface area contributed by atoms with Crippen LogP contribution in [-0.2, 0) is 4.79 Å². The van der Waals surface area contributed by atoms with Gasteiger partial charge in [-0.2, -0.15) is 0 Å². The second-order valence-electron chi connectivity index (χ2n) is 4.87. The van der Waals surface area contributed by atoms with Crippen LogP contribution in [-0.4, -0.2) is 43.0 Å². The Morgan fingerprint density at radius 2 is 2.32 bits per heavy atom. The first-order valence-corrected chi connectivity index (χ1v) is 7.04. The highest BCUT2D eigenvalue weighted by Gasteiger charge is 2.18. The number of hydrogen-bond donors (Lipinski definition) is 2. The highest BCUT2D eigenvalue weighted by Crippen LogP contribution is 2.20. The molecule has 2 rings (SSSR count). The highest BCUT2D eigenvalue weighted by atomic mass is 35.5. The molecule has 0 radical (unpaired) electrons. The maximum absolute atomic E-state index is 11.9. The summed E-state index contributed by atoms with van der Waals surface area (Å²) < 4.78 is 0.